The van der Waals surface area contributed by atoms with E-state index in [-0.39, 0.29) is 12.1 Å². The molecular weight excluding hydrogens is 324 g/mol. The lowest BCUT2D eigenvalue weighted by molar-refractivity contribution is 0.0706. The predicted octanol–water partition coefficient (Wildman–Crippen LogP) is 0.756. The number of likely N-dealkylation sites (N-methyl/N-ethyl adjacent to an activating group) is 1. The Morgan fingerprint density at radius 2 is 1.96 bits per heavy atom. The van der Waals surface area contributed by atoms with E-state index in [1.54, 1.807) is 23.7 Å². The number of fused-ring (bicyclic) bond motifs is 1. The first kappa shape index (κ1) is 17.5. The Morgan fingerprint density at radius 1 is 1.24 bits per heavy atom. The van der Waals surface area contributed by atoms with Crippen LogP contribution in [0.15, 0.2) is 18.2 Å². The average Bonchev–Trinajstić information content (AvgIpc) is 2.79. The van der Waals surface area contributed by atoms with Gasteiger partial charge in [0.2, 0.25) is 0 Å². The van der Waals surface area contributed by atoms with Crippen molar-refractivity contribution < 1.29 is 19.5 Å². The topological polar surface area (TPSA) is 85.3 Å². The van der Waals surface area contributed by atoms with E-state index in [2.05, 4.69) is 11.9 Å². The van der Waals surface area contributed by atoms with Gasteiger partial charge in [-0.3, -0.25) is 10.0 Å². The lowest BCUT2D eigenvalue weighted by Gasteiger charge is -2.37. The quantitative estimate of drug-likeness (QED) is 0.578. The Balaban J connectivity index is 1.78. The van der Waals surface area contributed by atoms with Crippen LogP contribution in [0.4, 0.5) is 4.79 Å². The molecule has 0 aliphatic carbocycles. The van der Waals surface area contributed by atoms with Crippen molar-refractivity contribution in [3.63, 3.8) is 0 Å². The van der Waals surface area contributed by atoms with Crippen LogP contribution in [0.25, 0.3) is 0 Å². The van der Waals surface area contributed by atoms with Crippen molar-refractivity contribution in [2.24, 2.45) is 0 Å². The monoisotopic (exact) mass is 348 g/mol. The molecule has 8 heteroatoms. The first-order chi connectivity index (χ1) is 12.0. The molecule has 1 atom stereocenters. The van der Waals surface area contributed by atoms with Crippen LogP contribution in [0.5, 0.6) is 5.75 Å². The summed E-state index contributed by atoms with van der Waals surface area (Å²) in [5.74, 6) is -0.0179. The predicted molar refractivity (Wildman–Crippen MR) is 90.7 cm³/mol. The van der Waals surface area contributed by atoms with Gasteiger partial charge in [-0.25, -0.2) is 10.3 Å². The van der Waals surface area contributed by atoms with Gasteiger partial charge in [-0.15, -0.1) is 0 Å². The van der Waals surface area contributed by atoms with Gasteiger partial charge in [-0.05, 0) is 26.1 Å². The van der Waals surface area contributed by atoms with Crippen molar-refractivity contribution in [1.29, 1.82) is 0 Å². The molecule has 0 radical (unpaired) electrons. The number of hydrogen-bond acceptors (Lipinski definition) is 5. The molecule has 3 rings (SSSR count). The number of hydrogen-bond donors (Lipinski definition) is 2. The molecule has 1 unspecified atom stereocenters. The molecule has 2 aliphatic heterocycles. The minimum atomic E-state index is -0.589. The summed E-state index contributed by atoms with van der Waals surface area (Å²) in [7, 11) is 2.06. The standard InChI is InChI=1S/C17H24N4O4/c1-12-11-25-15-9-13(16(22)18-24)3-4-14(15)10-21(12)17(23)20-7-5-19(2)6-8-20/h3-4,9,12,24H,5-8,10-11H2,1-2H3,(H,18,22). The van der Waals surface area contributed by atoms with E-state index in [0.29, 0.717) is 24.5 Å². The summed E-state index contributed by atoms with van der Waals surface area (Å²) in [4.78, 5) is 30.4. The van der Waals surface area contributed by atoms with Crippen molar-refractivity contribution in [2.45, 2.75) is 19.5 Å². The highest BCUT2D eigenvalue weighted by molar-refractivity contribution is 5.93. The van der Waals surface area contributed by atoms with Gasteiger partial charge in [0.15, 0.2) is 0 Å². The van der Waals surface area contributed by atoms with E-state index in [1.165, 1.54) is 0 Å². The summed E-state index contributed by atoms with van der Waals surface area (Å²) in [5, 5.41) is 8.77. The van der Waals surface area contributed by atoms with Gasteiger partial charge in [-0.1, -0.05) is 6.07 Å². The third-order valence-electron chi connectivity index (χ3n) is 4.80. The number of carbonyl (C=O) groups excluding carboxylic acids is 2. The van der Waals surface area contributed by atoms with Crippen LogP contribution < -0.4 is 10.2 Å². The van der Waals surface area contributed by atoms with Crippen molar-refractivity contribution in [1.82, 2.24) is 20.2 Å². The minimum Gasteiger partial charge on any atom is -0.491 e. The van der Waals surface area contributed by atoms with Crippen LogP contribution in [0.1, 0.15) is 22.8 Å². The van der Waals surface area contributed by atoms with Crippen LogP contribution in [0, 0.1) is 0 Å². The summed E-state index contributed by atoms with van der Waals surface area (Å²) in [6.07, 6.45) is 0. The largest absolute Gasteiger partial charge is 0.491 e. The number of nitrogens with one attached hydrogen (secondary N) is 1. The second-order valence-corrected chi connectivity index (χ2v) is 6.62. The number of benzene rings is 1. The van der Waals surface area contributed by atoms with Gasteiger partial charge >= 0.3 is 6.03 Å². The zero-order valence-corrected chi connectivity index (χ0v) is 14.6. The van der Waals surface area contributed by atoms with Gasteiger partial charge < -0.3 is 19.4 Å². The molecule has 0 spiro atoms. The number of amides is 3. The summed E-state index contributed by atoms with van der Waals surface area (Å²) in [6, 6.07) is 4.92. The number of ether oxygens (including phenoxy) is 1. The van der Waals surface area contributed by atoms with Gasteiger partial charge in [0.05, 0.1) is 12.6 Å². The Kier molecular flexibility index (Phi) is 5.10. The maximum Gasteiger partial charge on any atom is 0.320 e. The van der Waals surface area contributed by atoms with Crippen molar-refractivity contribution in [2.75, 3.05) is 39.8 Å². The van der Waals surface area contributed by atoms with Gasteiger partial charge in [0.25, 0.3) is 5.91 Å². The SMILES string of the molecule is CC1COc2cc(C(=O)NO)ccc2CN1C(=O)N1CCN(C)CC1. The fourth-order valence-corrected chi connectivity index (χ4v) is 3.10. The Morgan fingerprint density at radius 3 is 2.64 bits per heavy atom. The number of nitrogens with zero attached hydrogens (tertiary/aromatic N) is 3. The van der Waals surface area contributed by atoms with E-state index in [9.17, 15) is 9.59 Å². The first-order valence-corrected chi connectivity index (χ1v) is 8.44. The highest BCUT2D eigenvalue weighted by Crippen LogP contribution is 2.27. The van der Waals surface area contributed by atoms with Crippen LogP contribution in [-0.2, 0) is 6.54 Å². The molecule has 3 amide bonds. The van der Waals surface area contributed by atoms with Gasteiger partial charge in [0.1, 0.15) is 12.4 Å². The van der Waals surface area contributed by atoms with E-state index >= 15 is 0 Å². The molecule has 1 saturated heterocycles. The number of piperazine rings is 1. The van der Waals surface area contributed by atoms with E-state index in [0.717, 1.165) is 31.7 Å². The normalized spacial score (nSPS) is 21.2. The van der Waals surface area contributed by atoms with E-state index in [4.69, 9.17) is 9.94 Å². The number of rotatable bonds is 1. The average molecular weight is 348 g/mol. The van der Waals surface area contributed by atoms with Crippen LogP contribution in [-0.4, -0.2) is 77.7 Å². The zero-order valence-electron chi connectivity index (χ0n) is 14.6. The van der Waals surface area contributed by atoms with Crippen molar-refractivity contribution in [3.8, 4) is 5.75 Å². The number of hydroxylamine groups is 1. The molecular formula is C17H24N4O4. The fraction of sp³-hybridized carbons (Fsp3) is 0.529. The van der Waals surface area contributed by atoms with E-state index in [1.807, 2.05) is 16.7 Å². The minimum absolute atomic E-state index is 0.0224. The maximum absolute atomic E-state index is 12.9. The molecule has 0 saturated carbocycles. The Bertz CT molecular complexity index is 658. The van der Waals surface area contributed by atoms with Gasteiger partial charge in [0, 0.05) is 37.3 Å². The van der Waals surface area contributed by atoms with Crippen LogP contribution in [0.2, 0.25) is 0 Å². The molecule has 2 N–H and O–H groups in total. The molecule has 1 fully saturated rings. The first-order valence-electron chi connectivity index (χ1n) is 8.44. The number of carbonyl (C=O) groups is 2. The van der Waals surface area contributed by atoms with Crippen LogP contribution in [0.3, 0.4) is 0 Å². The summed E-state index contributed by atoms with van der Waals surface area (Å²) in [5.41, 5.74) is 2.78. The molecule has 25 heavy (non-hydrogen) atoms. The highest BCUT2D eigenvalue weighted by atomic mass is 16.5. The Hall–Kier alpha value is -2.32. The van der Waals surface area contributed by atoms with E-state index < -0.39 is 5.91 Å². The summed E-state index contributed by atoms with van der Waals surface area (Å²) < 4.78 is 5.80. The summed E-state index contributed by atoms with van der Waals surface area (Å²) in [6.45, 7) is 5.95. The molecule has 8 nitrogen and oxygen atoms in total. The second-order valence-electron chi connectivity index (χ2n) is 6.62. The molecule has 2 heterocycles. The zero-order chi connectivity index (χ0) is 18.0. The molecule has 1 aromatic carbocycles. The molecule has 2 aliphatic rings. The van der Waals surface area contributed by atoms with Crippen molar-refractivity contribution in [3.05, 3.63) is 29.3 Å². The lowest BCUT2D eigenvalue weighted by Crippen LogP contribution is -2.53. The smallest absolute Gasteiger partial charge is 0.320 e. The second kappa shape index (κ2) is 7.28. The highest BCUT2D eigenvalue weighted by Gasteiger charge is 2.30. The Labute approximate surface area is 146 Å². The lowest BCUT2D eigenvalue weighted by atomic mass is 10.1. The van der Waals surface area contributed by atoms with Crippen molar-refractivity contribution >= 4 is 11.9 Å². The third-order valence-corrected chi connectivity index (χ3v) is 4.80. The summed E-state index contributed by atoms with van der Waals surface area (Å²) >= 11 is 0. The van der Waals surface area contributed by atoms with Crippen LogP contribution >= 0.6 is 0 Å². The maximum atomic E-state index is 12.9. The fourth-order valence-electron chi connectivity index (χ4n) is 3.10. The number of urea groups is 1. The molecule has 0 bridgehead atoms. The van der Waals surface area contributed by atoms with Gasteiger partial charge in [-0.2, -0.15) is 0 Å². The third kappa shape index (κ3) is 3.69. The molecule has 1 aromatic rings. The molecule has 0 aromatic heterocycles. The molecule has 136 valence electrons.